The number of hydrogen-bond acceptors (Lipinski definition) is 2. The zero-order chi connectivity index (χ0) is 17.5. The fourth-order valence-electron chi connectivity index (χ4n) is 6.85. The van der Waals surface area contributed by atoms with Crippen LogP contribution in [-0.2, 0) is 9.53 Å². The van der Waals surface area contributed by atoms with E-state index >= 15 is 0 Å². The van der Waals surface area contributed by atoms with Crippen molar-refractivity contribution in [1.82, 2.24) is 0 Å². The number of rotatable bonds is 7. The van der Waals surface area contributed by atoms with Gasteiger partial charge >= 0.3 is 5.97 Å². The van der Waals surface area contributed by atoms with Crippen LogP contribution in [0.4, 0.5) is 0 Å². The van der Waals surface area contributed by atoms with Crippen LogP contribution in [0.2, 0.25) is 0 Å². The van der Waals surface area contributed by atoms with E-state index in [2.05, 4.69) is 27.4 Å². The lowest BCUT2D eigenvalue weighted by atomic mass is 9.42. The molecule has 0 spiro atoms. The molecule has 4 aliphatic rings. The number of esters is 1. The first-order valence-corrected chi connectivity index (χ1v) is 10.2. The van der Waals surface area contributed by atoms with E-state index in [0.717, 1.165) is 5.92 Å². The molecule has 136 valence electrons. The van der Waals surface area contributed by atoms with Crippen molar-refractivity contribution in [3.8, 4) is 0 Å². The summed E-state index contributed by atoms with van der Waals surface area (Å²) in [5, 5.41) is 0. The molecule has 0 aliphatic heterocycles. The van der Waals surface area contributed by atoms with Crippen LogP contribution in [0.15, 0.2) is 12.2 Å². The minimum absolute atomic E-state index is 0.148. The predicted molar refractivity (Wildman–Crippen MR) is 98.6 cm³/mol. The van der Waals surface area contributed by atoms with Gasteiger partial charge in [0.05, 0.1) is 0 Å². The topological polar surface area (TPSA) is 26.3 Å². The molecule has 0 aromatic rings. The van der Waals surface area contributed by atoms with Crippen molar-refractivity contribution in [1.29, 1.82) is 0 Å². The molecule has 0 N–H and O–H groups in total. The summed E-state index contributed by atoms with van der Waals surface area (Å²) >= 11 is 0. The van der Waals surface area contributed by atoms with Gasteiger partial charge in [-0.15, -0.1) is 0 Å². The minimum Gasteiger partial charge on any atom is -0.455 e. The van der Waals surface area contributed by atoms with Crippen LogP contribution in [0.3, 0.4) is 0 Å². The van der Waals surface area contributed by atoms with Crippen LogP contribution in [0.25, 0.3) is 0 Å². The van der Waals surface area contributed by atoms with Crippen molar-refractivity contribution >= 4 is 5.97 Å². The lowest BCUT2D eigenvalue weighted by molar-refractivity contribution is -0.241. The Kier molecular flexibility index (Phi) is 4.88. The molecule has 2 nitrogen and oxygen atoms in total. The van der Waals surface area contributed by atoms with Gasteiger partial charge in [-0.05, 0) is 69.1 Å². The van der Waals surface area contributed by atoms with E-state index in [1.54, 1.807) is 6.92 Å². The third-order valence-corrected chi connectivity index (χ3v) is 7.30. The molecule has 4 aliphatic carbocycles. The zero-order valence-electron chi connectivity index (χ0n) is 16.2. The molecule has 2 heteroatoms. The first-order chi connectivity index (χ1) is 11.3. The fourth-order valence-corrected chi connectivity index (χ4v) is 6.85. The Bertz CT molecular complexity index is 479. The summed E-state index contributed by atoms with van der Waals surface area (Å²) < 4.78 is 6.45. The molecule has 4 bridgehead atoms. The SMILES string of the molecule is C=C(C)C(=O)OC1(C(CCC)CCC)C2CC3CC1CC(C)(C3)C2. The van der Waals surface area contributed by atoms with Crippen molar-refractivity contribution < 1.29 is 9.53 Å². The van der Waals surface area contributed by atoms with Gasteiger partial charge in [-0.1, -0.05) is 40.2 Å². The van der Waals surface area contributed by atoms with E-state index in [-0.39, 0.29) is 11.6 Å². The maximum atomic E-state index is 12.6. The van der Waals surface area contributed by atoms with Crippen LogP contribution in [0.1, 0.15) is 85.5 Å². The highest BCUT2D eigenvalue weighted by Crippen LogP contribution is 2.67. The van der Waals surface area contributed by atoms with Crippen LogP contribution in [0.5, 0.6) is 0 Å². The largest absolute Gasteiger partial charge is 0.455 e. The highest BCUT2D eigenvalue weighted by molar-refractivity contribution is 5.87. The molecule has 0 radical (unpaired) electrons. The number of hydrogen-bond donors (Lipinski definition) is 0. The van der Waals surface area contributed by atoms with E-state index in [1.165, 1.54) is 57.8 Å². The average Bonchev–Trinajstić information content (AvgIpc) is 2.49. The summed E-state index contributed by atoms with van der Waals surface area (Å²) in [6, 6.07) is 0. The summed E-state index contributed by atoms with van der Waals surface area (Å²) in [6.07, 6.45) is 11.2. The second-order valence-electron chi connectivity index (χ2n) is 9.45. The monoisotopic (exact) mass is 332 g/mol. The molecule has 0 amide bonds. The van der Waals surface area contributed by atoms with Gasteiger partial charge in [0.2, 0.25) is 0 Å². The zero-order valence-corrected chi connectivity index (χ0v) is 16.2. The number of carbonyl (C=O) groups excluding carboxylic acids is 1. The molecule has 4 fully saturated rings. The van der Waals surface area contributed by atoms with E-state index in [9.17, 15) is 4.79 Å². The molecule has 2 atom stereocenters. The van der Waals surface area contributed by atoms with E-state index < -0.39 is 0 Å². The molecule has 4 rings (SSSR count). The summed E-state index contributed by atoms with van der Waals surface area (Å²) in [5.41, 5.74) is 0.845. The normalized spacial score (nSPS) is 40.1. The van der Waals surface area contributed by atoms with Gasteiger partial charge in [0, 0.05) is 17.4 Å². The van der Waals surface area contributed by atoms with Gasteiger partial charge in [-0.25, -0.2) is 4.79 Å². The molecule has 0 saturated heterocycles. The van der Waals surface area contributed by atoms with Crippen molar-refractivity contribution in [3.05, 3.63) is 12.2 Å². The maximum absolute atomic E-state index is 12.6. The lowest BCUT2D eigenvalue weighted by Gasteiger charge is -2.66. The smallest absolute Gasteiger partial charge is 0.333 e. The second-order valence-corrected chi connectivity index (χ2v) is 9.45. The molecular formula is C22H36O2. The second kappa shape index (κ2) is 6.50. The van der Waals surface area contributed by atoms with Crippen LogP contribution >= 0.6 is 0 Å². The van der Waals surface area contributed by atoms with Crippen molar-refractivity contribution in [2.75, 3.05) is 0 Å². The summed E-state index contributed by atoms with van der Waals surface area (Å²) in [7, 11) is 0. The Morgan fingerprint density at radius 1 is 1.12 bits per heavy atom. The third kappa shape index (κ3) is 2.84. The third-order valence-electron chi connectivity index (χ3n) is 7.30. The summed E-state index contributed by atoms with van der Waals surface area (Å²) in [6.45, 7) is 12.7. The highest BCUT2D eigenvalue weighted by atomic mass is 16.6. The highest BCUT2D eigenvalue weighted by Gasteiger charge is 2.64. The Hall–Kier alpha value is -0.790. The maximum Gasteiger partial charge on any atom is 0.333 e. The summed E-state index contributed by atoms with van der Waals surface area (Å²) in [4.78, 5) is 12.6. The standard InChI is InChI=1S/C22H36O2/c1-6-8-17(9-7-2)22(24-20(23)15(3)4)18-10-16-11-19(22)14-21(5,12-16)13-18/h16-19H,3,6-14H2,1-2,4-5H3. The van der Waals surface area contributed by atoms with Crippen LogP contribution in [-0.4, -0.2) is 11.6 Å². The lowest BCUT2D eigenvalue weighted by Crippen LogP contribution is -2.65. The summed E-state index contributed by atoms with van der Waals surface area (Å²) in [5.74, 6) is 2.38. The van der Waals surface area contributed by atoms with Gasteiger partial charge in [0.1, 0.15) is 5.60 Å². The molecule has 0 aromatic heterocycles. The van der Waals surface area contributed by atoms with E-state index in [4.69, 9.17) is 4.74 Å². The van der Waals surface area contributed by atoms with Gasteiger partial charge < -0.3 is 4.74 Å². The van der Waals surface area contributed by atoms with E-state index in [0.29, 0.717) is 28.7 Å². The van der Waals surface area contributed by atoms with E-state index in [1.807, 2.05) is 0 Å². The molecule has 0 heterocycles. The predicted octanol–water partition coefficient (Wildman–Crippen LogP) is 5.91. The van der Waals surface area contributed by atoms with Crippen LogP contribution < -0.4 is 0 Å². The minimum atomic E-state index is -0.210. The Morgan fingerprint density at radius 2 is 1.67 bits per heavy atom. The Morgan fingerprint density at radius 3 is 2.08 bits per heavy atom. The van der Waals surface area contributed by atoms with Crippen LogP contribution in [0, 0.1) is 29.1 Å². The molecular weight excluding hydrogens is 296 g/mol. The molecule has 4 saturated carbocycles. The first kappa shape index (κ1) is 18.0. The molecule has 0 aromatic carbocycles. The fraction of sp³-hybridized carbons (Fsp3) is 0.864. The van der Waals surface area contributed by atoms with Gasteiger partial charge in [0.15, 0.2) is 0 Å². The van der Waals surface area contributed by atoms with Crippen molar-refractivity contribution in [2.45, 2.75) is 91.1 Å². The van der Waals surface area contributed by atoms with Gasteiger partial charge in [0.25, 0.3) is 0 Å². The molecule has 2 unspecified atom stereocenters. The number of carbonyl (C=O) groups is 1. The van der Waals surface area contributed by atoms with Crippen molar-refractivity contribution in [3.63, 3.8) is 0 Å². The Labute approximate surface area is 148 Å². The van der Waals surface area contributed by atoms with Gasteiger partial charge in [-0.2, -0.15) is 0 Å². The Balaban J connectivity index is 1.99. The molecule has 24 heavy (non-hydrogen) atoms. The first-order valence-electron chi connectivity index (χ1n) is 10.2. The number of ether oxygens (including phenoxy) is 1. The average molecular weight is 333 g/mol. The quantitative estimate of drug-likeness (QED) is 0.428. The van der Waals surface area contributed by atoms with Gasteiger partial charge in [-0.3, -0.25) is 0 Å². The van der Waals surface area contributed by atoms with Crippen molar-refractivity contribution in [2.24, 2.45) is 29.1 Å².